The number of hydrogen-bond donors (Lipinski definition) is 0. The SMILES string of the molecule is CSc1cc(C)ccc1OCCC(C)C. The number of hydrogen-bond acceptors (Lipinski definition) is 2. The van der Waals surface area contributed by atoms with Crippen LogP contribution < -0.4 is 4.74 Å². The molecule has 0 spiro atoms. The zero-order valence-corrected chi connectivity index (χ0v) is 10.9. The van der Waals surface area contributed by atoms with Gasteiger partial charge in [0.05, 0.1) is 6.61 Å². The van der Waals surface area contributed by atoms with Gasteiger partial charge in [-0.25, -0.2) is 0 Å². The molecular formula is C13H20OS. The second-order valence-electron chi connectivity index (χ2n) is 4.19. The Hall–Kier alpha value is -0.630. The van der Waals surface area contributed by atoms with Crippen LogP contribution in [0.15, 0.2) is 23.1 Å². The van der Waals surface area contributed by atoms with Crippen LogP contribution in [-0.4, -0.2) is 12.9 Å². The van der Waals surface area contributed by atoms with Gasteiger partial charge in [-0.3, -0.25) is 0 Å². The highest BCUT2D eigenvalue weighted by molar-refractivity contribution is 7.98. The van der Waals surface area contributed by atoms with E-state index in [0.29, 0.717) is 5.92 Å². The summed E-state index contributed by atoms with van der Waals surface area (Å²) in [6, 6.07) is 6.35. The van der Waals surface area contributed by atoms with Gasteiger partial charge in [0.15, 0.2) is 0 Å². The molecule has 0 radical (unpaired) electrons. The summed E-state index contributed by atoms with van der Waals surface area (Å²) < 4.78 is 5.77. The molecule has 0 aliphatic carbocycles. The number of thioether (sulfide) groups is 1. The van der Waals surface area contributed by atoms with E-state index in [-0.39, 0.29) is 0 Å². The highest BCUT2D eigenvalue weighted by Crippen LogP contribution is 2.28. The second-order valence-corrected chi connectivity index (χ2v) is 5.03. The first-order chi connectivity index (χ1) is 7.13. The minimum Gasteiger partial charge on any atom is -0.492 e. The van der Waals surface area contributed by atoms with Gasteiger partial charge >= 0.3 is 0 Å². The Bertz CT molecular complexity index is 307. The molecule has 15 heavy (non-hydrogen) atoms. The Kier molecular flexibility index (Phi) is 5.03. The molecule has 0 aliphatic heterocycles. The van der Waals surface area contributed by atoms with Crippen molar-refractivity contribution in [2.45, 2.75) is 32.1 Å². The monoisotopic (exact) mass is 224 g/mol. The van der Waals surface area contributed by atoms with Crippen LogP contribution in [-0.2, 0) is 0 Å². The van der Waals surface area contributed by atoms with Crippen LogP contribution in [0.5, 0.6) is 5.75 Å². The number of rotatable bonds is 5. The Labute approximate surface area is 97.2 Å². The Morgan fingerprint density at radius 2 is 2.07 bits per heavy atom. The highest BCUT2D eigenvalue weighted by atomic mass is 32.2. The maximum Gasteiger partial charge on any atom is 0.132 e. The number of aryl methyl sites for hydroxylation is 1. The van der Waals surface area contributed by atoms with E-state index >= 15 is 0 Å². The van der Waals surface area contributed by atoms with Crippen molar-refractivity contribution >= 4 is 11.8 Å². The second kappa shape index (κ2) is 6.06. The first-order valence-electron chi connectivity index (χ1n) is 5.41. The number of ether oxygens (including phenoxy) is 1. The topological polar surface area (TPSA) is 9.23 Å². The van der Waals surface area contributed by atoms with Crippen molar-refractivity contribution in [2.75, 3.05) is 12.9 Å². The standard InChI is InChI=1S/C13H20OS/c1-10(2)7-8-14-12-6-5-11(3)9-13(12)15-4/h5-6,9-10H,7-8H2,1-4H3. The summed E-state index contributed by atoms with van der Waals surface area (Å²) >= 11 is 1.74. The van der Waals surface area contributed by atoms with Crippen LogP contribution in [0.4, 0.5) is 0 Å². The third-order valence-electron chi connectivity index (χ3n) is 2.27. The van der Waals surface area contributed by atoms with Crippen LogP contribution in [0.1, 0.15) is 25.8 Å². The molecule has 0 saturated heterocycles. The van der Waals surface area contributed by atoms with Crippen LogP contribution >= 0.6 is 11.8 Å². The summed E-state index contributed by atoms with van der Waals surface area (Å²) in [5.74, 6) is 1.72. The largest absolute Gasteiger partial charge is 0.492 e. The Balaban J connectivity index is 2.60. The van der Waals surface area contributed by atoms with Gasteiger partial charge in [0, 0.05) is 4.90 Å². The fraction of sp³-hybridized carbons (Fsp3) is 0.538. The molecule has 0 aromatic heterocycles. The fourth-order valence-electron chi connectivity index (χ4n) is 1.30. The first kappa shape index (κ1) is 12.4. The zero-order valence-electron chi connectivity index (χ0n) is 10.0. The van der Waals surface area contributed by atoms with E-state index in [1.54, 1.807) is 11.8 Å². The molecule has 1 aromatic carbocycles. The third kappa shape index (κ3) is 4.17. The van der Waals surface area contributed by atoms with E-state index in [4.69, 9.17) is 4.74 Å². The fourth-order valence-corrected chi connectivity index (χ4v) is 1.93. The van der Waals surface area contributed by atoms with Crippen LogP contribution in [0.2, 0.25) is 0 Å². The molecule has 84 valence electrons. The van der Waals surface area contributed by atoms with Crippen LogP contribution in [0.25, 0.3) is 0 Å². The van der Waals surface area contributed by atoms with Gasteiger partial charge in [0.2, 0.25) is 0 Å². The van der Waals surface area contributed by atoms with E-state index in [1.807, 2.05) is 0 Å². The van der Waals surface area contributed by atoms with Gasteiger partial charge in [-0.2, -0.15) is 0 Å². The summed E-state index contributed by atoms with van der Waals surface area (Å²) in [4.78, 5) is 1.23. The van der Waals surface area contributed by atoms with E-state index in [9.17, 15) is 0 Å². The summed E-state index contributed by atoms with van der Waals surface area (Å²) in [6.45, 7) is 7.36. The normalized spacial score (nSPS) is 10.7. The van der Waals surface area contributed by atoms with E-state index in [2.05, 4.69) is 45.2 Å². The minimum absolute atomic E-state index is 0.702. The van der Waals surface area contributed by atoms with Crippen molar-refractivity contribution in [3.8, 4) is 5.75 Å². The highest BCUT2D eigenvalue weighted by Gasteiger charge is 2.03. The molecular weight excluding hydrogens is 204 g/mol. The molecule has 0 heterocycles. The van der Waals surface area contributed by atoms with Crippen molar-refractivity contribution in [1.29, 1.82) is 0 Å². The Morgan fingerprint density at radius 1 is 1.33 bits per heavy atom. The van der Waals surface area contributed by atoms with Gasteiger partial charge in [-0.15, -0.1) is 11.8 Å². The van der Waals surface area contributed by atoms with Crippen LogP contribution in [0, 0.1) is 12.8 Å². The summed E-state index contributed by atoms with van der Waals surface area (Å²) in [5.41, 5.74) is 1.29. The zero-order chi connectivity index (χ0) is 11.3. The molecule has 0 amide bonds. The first-order valence-corrected chi connectivity index (χ1v) is 6.63. The smallest absolute Gasteiger partial charge is 0.132 e. The van der Waals surface area contributed by atoms with E-state index in [0.717, 1.165) is 18.8 Å². The molecule has 1 nitrogen and oxygen atoms in total. The molecule has 0 N–H and O–H groups in total. The lowest BCUT2D eigenvalue weighted by molar-refractivity contribution is 0.283. The summed E-state index contributed by atoms with van der Waals surface area (Å²) in [7, 11) is 0. The van der Waals surface area contributed by atoms with Gasteiger partial charge in [0.1, 0.15) is 5.75 Å². The van der Waals surface area contributed by atoms with Gasteiger partial charge in [-0.1, -0.05) is 19.9 Å². The van der Waals surface area contributed by atoms with Crippen LogP contribution in [0.3, 0.4) is 0 Å². The van der Waals surface area contributed by atoms with E-state index < -0.39 is 0 Å². The Morgan fingerprint density at radius 3 is 2.67 bits per heavy atom. The molecule has 0 unspecified atom stereocenters. The lowest BCUT2D eigenvalue weighted by atomic mass is 10.1. The third-order valence-corrected chi connectivity index (χ3v) is 3.03. The molecule has 2 heteroatoms. The maximum absolute atomic E-state index is 5.77. The predicted molar refractivity (Wildman–Crippen MR) is 67.9 cm³/mol. The van der Waals surface area contributed by atoms with Crippen molar-refractivity contribution in [3.05, 3.63) is 23.8 Å². The average Bonchev–Trinajstić information content (AvgIpc) is 2.19. The average molecular weight is 224 g/mol. The molecule has 0 atom stereocenters. The molecule has 0 fully saturated rings. The summed E-state index contributed by atoms with van der Waals surface area (Å²) in [5, 5.41) is 0. The maximum atomic E-state index is 5.77. The quantitative estimate of drug-likeness (QED) is 0.695. The van der Waals surface area contributed by atoms with Crippen molar-refractivity contribution in [2.24, 2.45) is 5.92 Å². The summed E-state index contributed by atoms with van der Waals surface area (Å²) in [6.07, 6.45) is 3.20. The lowest BCUT2D eigenvalue weighted by Gasteiger charge is -2.11. The molecule has 0 aliphatic rings. The number of benzene rings is 1. The molecule has 1 aromatic rings. The minimum atomic E-state index is 0.702. The lowest BCUT2D eigenvalue weighted by Crippen LogP contribution is -2.02. The van der Waals surface area contributed by atoms with Crippen molar-refractivity contribution in [1.82, 2.24) is 0 Å². The van der Waals surface area contributed by atoms with E-state index in [1.165, 1.54) is 10.5 Å². The van der Waals surface area contributed by atoms with Gasteiger partial charge < -0.3 is 4.74 Å². The van der Waals surface area contributed by atoms with Gasteiger partial charge in [0.25, 0.3) is 0 Å². The van der Waals surface area contributed by atoms with Crippen molar-refractivity contribution < 1.29 is 4.74 Å². The van der Waals surface area contributed by atoms with Gasteiger partial charge in [-0.05, 0) is 43.2 Å². The predicted octanol–water partition coefficient (Wildman–Crippen LogP) is 4.14. The van der Waals surface area contributed by atoms with Crippen molar-refractivity contribution in [3.63, 3.8) is 0 Å². The molecule has 1 rings (SSSR count). The molecule has 0 bridgehead atoms. The molecule has 0 saturated carbocycles.